The molecule has 0 unspecified atom stereocenters. The van der Waals surface area contributed by atoms with Gasteiger partial charge in [0.2, 0.25) is 0 Å². The second-order valence-corrected chi connectivity index (χ2v) is 5.18. The van der Waals surface area contributed by atoms with Crippen molar-refractivity contribution in [2.45, 2.75) is 20.4 Å². The largest absolute Gasteiger partial charge is 0.200 e. The van der Waals surface area contributed by atoms with Crippen LogP contribution in [0.5, 0.6) is 0 Å². The molecule has 2 aromatic carbocycles. The maximum absolute atomic E-state index is 2.28. The molecule has 0 amide bonds. The molecule has 1 aromatic heterocycles. The second kappa shape index (κ2) is 4.85. The van der Waals surface area contributed by atoms with Crippen LogP contribution in [0, 0.1) is 13.8 Å². The minimum absolute atomic E-state index is 0.929. The number of hydrogen-bond donors (Lipinski definition) is 0. The van der Waals surface area contributed by atoms with Crippen LogP contribution in [0.4, 0.5) is 0 Å². The van der Waals surface area contributed by atoms with Crippen LogP contribution in [0.1, 0.15) is 16.7 Å². The molecule has 0 spiro atoms. The summed E-state index contributed by atoms with van der Waals surface area (Å²) >= 11 is 0. The van der Waals surface area contributed by atoms with Crippen LogP contribution < -0.4 is 4.57 Å². The molecule has 19 heavy (non-hydrogen) atoms. The van der Waals surface area contributed by atoms with Gasteiger partial charge in [-0.25, -0.2) is 4.57 Å². The smallest absolute Gasteiger partial charge is 0.176 e. The predicted molar refractivity (Wildman–Crippen MR) is 79.2 cm³/mol. The Hall–Kier alpha value is -2.15. The fourth-order valence-corrected chi connectivity index (χ4v) is 2.44. The van der Waals surface area contributed by atoms with Gasteiger partial charge in [0.25, 0.3) is 0 Å². The molecule has 0 radical (unpaired) electrons. The third-order valence-corrected chi connectivity index (χ3v) is 3.60. The Morgan fingerprint density at radius 2 is 1.68 bits per heavy atom. The third-order valence-electron chi connectivity index (χ3n) is 3.60. The molecule has 0 N–H and O–H groups in total. The molecule has 1 heterocycles. The predicted octanol–water partition coefficient (Wildman–Crippen LogP) is 3.79. The first-order valence-electron chi connectivity index (χ1n) is 6.66. The van der Waals surface area contributed by atoms with E-state index in [1.54, 1.807) is 0 Å². The van der Waals surface area contributed by atoms with Crippen LogP contribution in [0.25, 0.3) is 10.8 Å². The van der Waals surface area contributed by atoms with E-state index in [4.69, 9.17) is 0 Å². The SMILES string of the molecule is Cc1ccc(C)c(C[n+]2ccc3ccccc3c2)c1. The van der Waals surface area contributed by atoms with Crippen molar-refractivity contribution >= 4 is 10.8 Å². The highest BCUT2D eigenvalue weighted by atomic mass is 14.9. The van der Waals surface area contributed by atoms with Crippen LogP contribution >= 0.6 is 0 Å². The van der Waals surface area contributed by atoms with Gasteiger partial charge < -0.3 is 0 Å². The standard InChI is InChI=1S/C18H18N/c1-14-7-8-15(2)18(11-14)13-19-10-9-16-5-3-4-6-17(16)12-19/h3-12H,13H2,1-2H3/q+1. The molecule has 0 aliphatic heterocycles. The maximum Gasteiger partial charge on any atom is 0.176 e. The highest BCUT2D eigenvalue weighted by molar-refractivity contribution is 5.80. The molecule has 0 bridgehead atoms. The molecule has 3 rings (SSSR count). The fourth-order valence-electron chi connectivity index (χ4n) is 2.44. The highest BCUT2D eigenvalue weighted by Crippen LogP contribution is 2.12. The molecule has 1 nitrogen and oxygen atoms in total. The lowest BCUT2D eigenvalue weighted by atomic mass is 10.1. The molecule has 0 saturated heterocycles. The molecule has 94 valence electrons. The van der Waals surface area contributed by atoms with E-state index in [1.807, 2.05) is 0 Å². The monoisotopic (exact) mass is 248 g/mol. The molecular weight excluding hydrogens is 230 g/mol. The van der Waals surface area contributed by atoms with Crippen molar-refractivity contribution in [1.29, 1.82) is 0 Å². The normalized spacial score (nSPS) is 10.8. The molecule has 0 aliphatic carbocycles. The van der Waals surface area contributed by atoms with Crippen molar-refractivity contribution in [2.24, 2.45) is 0 Å². The van der Waals surface area contributed by atoms with E-state index in [0.29, 0.717) is 0 Å². The Kier molecular flexibility index (Phi) is 3.04. The lowest BCUT2D eigenvalue weighted by molar-refractivity contribution is -0.687. The topological polar surface area (TPSA) is 3.88 Å². The van der Waals surface area contributed by atoms with Gasteiger partial charge in [-0.05, 0) is 36.9 Å². The third kappa shape index (κ3) is 2.50. The minimum atomic E-state index is 0.929. The van der Waals surface area contributed by atoms with E-state index < -0.39 is 0 Å². The lowest BCUT2D eigenvalue weighted by Crippen LogP contribution is -2.33. The number of benzene rings is 2. The summed E-state index contributed by atoms with van der Waals surface area (Å²) in [5.74, 6) is 0. The Morgan fingerprint density at radius 1 is 0.895 bits per heavy atom. The van der Waals surface area contributed by atoms with E-state index in [-0.39, 0.29) is 0 Å². The zero-order valence-corrected chi connectivity index (χ0v) is 11.4. The average molecular weight is 248 g/mol. The molecule has 0 saturated carbocycles. The van der Waals surface area contributed by atoms with Crippen molar-refractivity contribution in [3.05, 3.63) is 77.6 Å². The molecule has 1 heteroatoms. The minimum Gasteiger partial charge on any atom is -0.200 e. The summed E-state index contributed by atoms with van der Waals surface area (Å²) in [5.41, 5.74) is 4.06. The molecule has 0 atom stereocenters. The molecule has 0 fully saturated rings. The van der Waals surface area contributed by atoms with Crippen molar-refractivity contribution in [1.82, 2.24) is 0 Å². The van der Waals surface area contributed by atoms with Crippen LogP contribution in [0.3, 0.4) is 0 Å². The van der Waals surface area contributed by atoms with E-state index in [9.17, 15) is 0 Å². The van der Waals surface area contributed by atoms with Gasteiger partial charge in [-0.2, -0.15) is 0 Å². The van der Waals surface area contributed by atoms with Crippen LogP contribution in [-0.2, 0) is 6.54 Å². The maximum atomic E-state index is 2.28. The molecule has 0 aliphatic rings. The average Bonchev–Trinajstić information content (AvgIpc) is 2.43. The first-order valence-corrected chi connectivity index (χ1v) is 6.66. The summed E-state index contributed by atoms with van der Waals surface area (Å²) in [6.45, 7) is 5.25. The van der Waals surface area contributed by atoms with Crippen molar-refractivity contribution in [3.8, 4) is 0 Å². The summed E-state index contributed by atoms with van der Waals surface area (Å²) in [6, 6.07) is 17.3. The van der Waals surface area contributed by atoms with Gasteiger partial charge in [0.1, 0.15) is 0 Å². The zero-order chi connectivity index (χ0) is 13.2. The summed E-state index contributed by atoms with van der Waals surface area (Å²) in [7, 11) is 0. The Morgan fingerprint density at radius 3 is 2.53 bits per heavy atom. The van der Waals surface area contributed by atoms with Gasteiger partial charge in [-0.3, -0.25) is 0 Å². The van der Waals surface area contributed by atoms with Gasteiger partial charge in [-0.1, -0.05) is 35.9 Å². The Labute approximate surface area is 114 Å². The van der Waals surface area contributed by atoms with Gasteiger partial charge >= 0.3 is 0 Å². The molecular formula is C18H18N+. The van der Waals surface area contributed by atoms with E-state index in [1.165, 1.54) is 27.5 Å². The Balaban J connectivity index is 1.98. The number of pyridine rings is 1. The van der Waals surface area contributed by atoms with Gasteiger partial charge in [0.15, 0.2) is 18.9 Å². The number of fused-ring (bicyclic) bond motifs is 1. The first kappa shape index (κ1) is 11.9. The number of aromatic nitrogens is 1. The summed E-state index contributed by atoms with van der Waals surface area (Å²) < 4.78 is 2.25. The number of hydrogen-bond acceptors (Lipinski definition) is 0. The van der Waals surface area contributed by atoms with Gasteiger partial charge in [-0.15, -0.1) is 0 Å². The first-order chi connectivity index (χ1) is 9.22. The van der Waals surface area contributed by atoms with E-state index >= 15 is 0 Å². The summed E-state index contributed by atoms with van der Waals surface area (Å²) in [6.07, 6.45) is 4.38. The lowest BCUT2D eigenvalue weighted by Gasteiger charge is -2.04. The van der Waals surface area contributed by atoms with Crippen LogP contribution in [-0.4, -0.2) is 0 Å². The number of aryl methyl sites for hydroxylation is 2. The zero-order valence-electron chi connectivity index (χ0n) is 11.4. The van der Waals surface area contributed by atoms with Crippen LogP contribution in [0.15, 0.2) is 60.9 Å². The van der Waals surface area contributed by atoms with E-state index in [0.717, 1.165) is 6.54 Å². The fraction of sp³-hybridized carbons (Fsp3) is 0.167. The van der Waals surface area contributed by atoms with Crippen molar-refractivity contribution in [3.63, 3.8) is 0 Å². The van der Waals surface area contributed by atoms with Gasteiger partial charge in [0, 0.05) is 17.0 Å². The molecule has 3 aromatic rings. The second-order valence-electron chi connectivity index (χ2n) is 5.18. The Bertz CT molecular complexity index is 729. The summed E-state index contributed by atoms with van der Waals surface area (Å²) in [4.78, 5) is 0. The number of nitrogens with zero attached hydrogens (tertiary/aromatic N) is 1. The van der Waals surface area contributed by atoms with Crippen molar-refractivity contribution in [2.75, 3.05) is 0 Å². The number of rotatable bonds is 2. The highest BCUT2D eigenvalue weighted by Gasteiger charge is 2.07. The van der Waals surface area contributed by atoms with Crippen molar-refractivity contribution < 1.29 is 4.57 Å². The van der Waals surface area contributed by atoms with E-state index in [2.05, 4.69) is 79.3 Å². The quantitative estimate of drug-likeness (QED) is 0.607. The summed E-state index contributed by atoms with van der Waals surface area (Å²) in [5, 5.41) is 2.58. The van der Waals surface area contributed by atoms with Gasteiger partial charge in [0.05, 0.1) is 0 Å². The van der Waals surface area contributed by atoms with Crippen LogP contribution in [0.2, 0.25) is 0 Å².